The number of anilines is 3. The van der Waals surface area contributed by atoms with Crippen LogP contribution in [0.15, 0.2) is 54.7 Å². The van der Waals surface area contributed by atoms with Crippen LogP contribution in [-0.4, -0.2) is 58.9 Å². The Morgan fingerprint density at radius 2 is 1.79 bits per heavy atom. The molecule has 0 atom stereocenters. The predicted molar refractivity (Wildman–Crippen MR) is 133 cm³/mol. The quantitative estimate of drug-likeness (QED) is 0.572. The van der Waals surface area contributed by atoms with Crippen LogP contribution in [0.1, 0.15) is 34.1 Å². The lowest BCUT2D eigenvalue weighted by Crippen LogP contribution is -2.43. The minimum atomic E-state index is -0.125. The summed E-state index contributed by atoms with van der Waals surface area (Å²) in [6.07, 6.45) is 2.60. The van der Waals surface area contributed by atoms with Crippen LogP contribution < -0.4 is 10.6 Å². The van der Waals surface area contributed by atoms with Crippen molar-refractivity contribution in [2.24, 2.45) is 0 Å². The van der Waals surface area contributed by atoms with E-state index in [1.54, 1.807) is 6.20 Å². The smallest absolute Gasteiger partial charge is 0.255 e. The number of amides is 1. The normalized spacial score (nSPS) is 14.8. The summed E-state index contributed by atoms with van der Waals surface area (Å²) in [6, 6.07) is 15.6. The molecular weight excluding hydrogens is 412 g/mol. The zero-order chi connectivity index (χ0) is 23.2. The maximum atomic E-state index is 12.8. The van der Waals surface area contributed by atoms with Gasteiger partial charge in [-0.3, -0.25) is 9.69 Å². The number of carbonyl (C=O) groups is 1. The lowest BCUT2D eigenvalue weighted by Gasteiger charge is -2.32. The van der Waals surface area contributed by atoms with Crippen LogP contribution in [0, 0.1) is 6.92 Å². The monoisotopic (exact) mass is 444 g/mol. The summed E-state index contributed by atoms with van der Waals surface area (Å²) < 4.78 is 0. The number of hydrogen-bond donors (Lipinski definition) is 2. The van der Waals surface area contributed by atoms with E-state index in [-0.39, 0.29) is 5.91 Å². The van der Waals surface area contributed by atoms with Crippen LogP contribution in [0.4, 0.5) is 17.3 Å². The number of aryl methyl sites for hydroxylation is 2. The van der Waals surface area contributed by atoms with E-state index in [1.807, 2.05) is 55.5 Å². The Bertz CT molecular complexity index is 1090. The highest BCUT2D eigenvalue weighted by Gasteiger charge is 2.14. The molecule has 0 saturated carbocycles. The third kappa shape index (κ3) is 6.15. The molecule has 2 N–H and O–H groups in total. The summed E-state index contributed by atoms with van der Waals surface area (Å²) in [4.78, 5) is 26.4. The standard InChI is InChI=1S/C26H32N6O/c1-4-22-11-12-27-26(29-22)30-24-17-23(10-5-19(24)2)28-25(33)21-8-6-20(7-9-21)18-32-15-13-31(3)14-16-32/h5-12,17H,4,13-16,18H2,1-3H3,(H,28,33)(H,27,29,30). The number of aromatic nitrogens is 2. The zero-order valence-electron chi connectivity index (χ0n) is 19.6. The van der Waals surface area contributed by atoms with Gasteiger partial charge in [0.05, 0.1) is 0 Å². The number of rotatable bonds is 7. The number of nitrogens with zero attached hydrogens (tertiary/aromatic N) is 4. The van der Waals surface area contributed by atoms with Crippen molar-refractivity contribution in [2.45, 2.75) is 26.8 Å². The van der Waals surface area contributed by atoms with Crippen molar-refractivity contribution in [3.8, 4) is 0 Å². The Morgan fingerprint density at radius 1 is 1.03 bits per heavy atom. The van der Waals surface area contributed by atoms with Crippen molar-refractivity contribution < 1.29 is 4.79 Å². The highest BCUT2D eigenvalue weighted by molar-refractivity contribution is 6.04. The first-order valence-corrected chi connectivity index (χ1v) is 11.5. The second-order valence-electron chi connectivity index (χ2n) is 8.61. The molecule has 1 saturated heterocycles. The van der Waals surface area contributed by atoms with Gasteiger partial charge in [0.25, 0.3) is 5.91 Å². The molecule has 1 aliphatic heterocycles. The summed E-state index contributed by atoms with van der Waals surface area (Å²) in [5, 5.41) is 6.27. The Morgan fingerprint density at radius 3 is 2.52 bits per heavy atom. The number of piperazine rings is 1. The highest BCUT2D eigenvalue weighted by Crippen LogP contribution is 2.23. The van der Waals surface area contributed by atoms with E-state index in [1.165, 1.54) is 5.56 Å². The van der Waals surface area contributed by atoms with Gasteiger partial charge in [-0.25, -0.2) is 9.97 Å². The predicted octanol–water partition coefficient (Wildman–Crippen LogP) is 4.09. The van der Waals surface area contributed by atoms with Crippen LogP contribution in [0.2, 0.25) is 0 Å². The maximum Gasteiger partial charge on any atom is 0.255 e. The van der Waals surface area contributed by atoms with Gasteiger partial charge in [0, 0.05) is 61.6 Å². The molecular formula is C26H32N6O. The minimum Gasteiger partial charge on any atom is -0.324 e. The highest BCUT2D eigenvalue weighted by atomic mass is 16.1. The molecule has 1 fully saturated rings. The molecule has 0 unspecified atom stereocenters. The van der Waals surface area contributed by atoms with E-state index >= 15 is 0 Å². The van der Waals surface area contributed by atoms with Gasteiger partial charge >= 0.3 is 0 Å². The van der Waals surface area contributed by atoms with Gasteiger partial charge in [0.1, 0.15) is 0 Å². The number of carbonyl (C=O) groups excluding carboxylic acids is 1. The second-order valence-corrected chi connectivity index (χ2v) is 8.61. The van der Waals surface area contributed by atoms with E-state index < -0.39 is 0 Å². The Kier molecular flexibility index (Phi) is 7.32. The molecule has 1 aliphatic rings. The summed E-state index contributed by atoms with van der Waals surface area (Å²) >= 11 is 0. The Balaban J connectivity index is 1.39. The summed E-state index contributed by atoms with van der Waals surface area (Å²) in [7, 11) is 2.16. The van der Waals surface area contributed by atoms with Crippen LogP contribution in [0.25, 0.3) is 0 Å². The third-order valence-corrected chi connectivity index (χ3v) is 6.04. The molecule has 4 rings (SSSR count). The van der Waals surface area contributed by atoms with E-state index in [0.717, 1.165) is 61.8 Å². The second kappa shape index (κ2) is 10.6. The van der Waals surface area contributed by atoms with Gasteiger partial charge in [-0.2, -0.15) is 0 Å². The molecule has 2 heterocycles. The van der Waals surface area contributed by atoms with Gasteiger partial charge in [-0.1, -0.05) is 25.1 Å². The first-order valence-electron chi connectivity index (χ1n) is 11.5. The largest absolute Gasteiger partial charge is 0.324 e. The van der Waals surface area contributed by atoms with Gasteiger partial charge in [-0.15, -0.1) is 0 Å². The molecule has 2 aromatic carbocycles. The molecule has 7 heteroatoms. The molecule has 1 amide bonds. The van der Waals surface area contributed by atoms with Crippen molar-refractivity contribution in [2.75, 3.05) is 43.9 Å². The number of likely N-dealkylation sites (N-methyl/N-ethyl adjacent to an activating group) is 1. The van der Waals surface area contributed by atoms with Gasteiger partial charge in [0.15, 0.2) is 0 Å². The van der Waals surface area contributed by atoms with Crippen LogP contribution in [-0.2, 0) is 13.0 Å². The number of hydrogen-bond acceptors (Lipinski definition) is 6. The molecule has 0 radical (unpaired) electrons. The SMILES string of the molecule is CCc1ccnc(Nc2cc(NC(=O)c3ccc(CN4CCN(C)CC4)cc3)ccc2C)n1. The first kappa shape index (κ1) is 22.9. The molecule has 0 bridgehead atoms. The molecule has 0 aliphatic carbocycles. The molecule has 0 spiro atoms. The summed E-state index contributed by atoms with van der Waals surface area (Å²) in [6.45, 7) is 9.36. The fourth-order valence-corrected chi connectivity index (χ4v) is 3.84. The van der Waals surface area contributed by atoms with Crippen LogP contribution in [0.3, 0.4) is 0 Å². The van der Waals surface area contributed by atoms with Crippen molar-refractivity contribution >= 4 is 23.2 Å². The zero-order valence-corrected chi connectivity index (χ0v) is 19.6. The average Bonchev–Trinajstić information content (AvgIpc) is 2.83. The third-order valence-electron chi connectivity index (χ3n) is 6.04. The molecule has 1 aromatic heterocycles. The van der Waals surface area contributed by atoms with Gasteiger partial charge < -0.3 is 15.5 Å². The molecule has 172 valence electrons. The molecule has 3 aromatic rings. The topological polar surface area (TPSA) is 73.4 Å². The van der Waals surface area contributed by atoms with Crippen molar-refractivity contribution in [1.29, 1.82) is 0 Å². The number of nitrogens with one attached hydrogen (secondary N) is 2. The Hall–Kier alpha value is -3.29. The van der Waals surface area contributed by atoms with E-state index in [0.29, 0.717) is 11.5 Å². The lowest BCUT2D eigenvalue weighted by atomic mass is 10.1. The fourth-order valence-electron chi connectivity index (χ4n) is 3.84. The number of benzene rings is 2. The van der Waals surface area contributed by atoms with Gasteiger partial charge in [0.2, 0.25) is 5.95 Å². The van der Waals surface area contributed by atoms with Crippen molar-refractivity contribution in [3.63, 3.8) is 0 Å². The fraction of sp³-hybridized carbons (Fsp3) is 0.346. The molecule has 33 heavy (non-hydrogen) atoms. The lowest BCUT2D eigenvalue weighted by molar-refractivity contribution is 0.102. The average molecular weight is 445 g/mol. The van der Waals surface area contributed by atoms with E-state index in [2.05, 4.69) is 44.4 Å². The van der Waals surface area contributed by atoms with E-state index in [9.17, 15) is 4.79 Å². The van der Waals surface area contributed by atoms with Crippen molar-refractivity contribution in [1.82, 2.24) is 19.8 Å². The van der Waals surface area contributed by atoms with Crippen LogP contribution >= 0.6 is 0 Å². The van der Waals surface area contributed by atoms with Crippen molar-refractivity contribution in [3.05, 3.63) is 77.1 Å². The van der Waals surface area contributed by atoms with E-state index in [4.69, 9.17) is 0 Å². The van der Waals surface area contributed by atoms with Gasteiger partial charge in [-0.05, 0) is 61.9 Å². The Labute approximate surface area is 195 Å². The minimum absolute atomic E-state index is 0.125. The summed E-state index contributed by atoms with van der Waals surface area (Å²) in [5.74, 6) is 0.428. The summed E-state index contributed by atoms with van der Waals surface area (Å²) in [5.41, 5.74) is 5.49. The maximum absolute atomic E-state index is 12.8. The van der Waals surface area contributed by atoms with Crippen LogP contribution in [0.5, 0.6) is 0 Å². The first-order chi connectivity index (χ1) is 16.0. The molecule has 7 nitrogen and oxygen atoms in total.